The van der Waals surface area contributed by atoms with Crippen LogP contribution in [0.15, 0.2) is 24.3 Å². The second kappa shape index (κ2) is 6.02. The van der Waals surface area contributed by atoms with Gasteiger partial charge in [0.15, 0.2) is 12.2 Å². The number of ether oxygens (including phenoxy) is 1. The molecular formula is C14H16O6. The second-order valence-corrected chi connectivity index (χ2v) is 4.80. The van der Waals surface area contributed by atoms with Gasteiger partial charge in [-0.05, 0) is 24.0 Å². The van der Waals surface area contributed by atoms with Crippen molar-refractivity contribution in [3.8, 4) is 0 Å². The van der Waals surface area contributed by atoms with E-state index in [1.807, 2.05) is 24.3 Å². The van der Waals surface area contributed by atoms with E-state index in [2.05, 4.69) is 0 Å². The van der Waals surface area contributed by atoms with Crippen molar-refractivity contribution in [1.82, 2.24) is 0 Å². The Morgan fingerprint density at radius 1 is 1.15 bits per heavy atom. The number of carboxylic acids is 1. The number of carbonyl (C=O) groups excluding carboxylic acids is 1. The van der Waals surface area contributed by atoms with Gasteiger partial charge in [-0.1, -0.05) is 24.3 Å². The zero-order valence-electron chi connectivity index (χ0n) is 10.7. The van der Waals surface area contributed by atoms with E-state index >= 15 is 0 Å². The molecule has 0 fully saturated rings. The lowest BCUT2D eigenvalue weighted by Gasteiger charge is -2.25. The summed E-state index contributed by atoms with van der Waals surface area (Å²) in [5.74, 6) is -2.77. The summed E-state index contributed by atoms with van der Waals surface area (Å²) in [5.41, 5.74) is 2.27. The van der Waals surface area contributed by atoms with Crippen LogP contribution in [0.25, 0.3) is 0 Å². The number of carbonyl (C=O) groups is 2. The van der Waals surface area contributed by atoms with Crippen LogP contribution >= 0.6 is 0 Å². The summed E-state index contributed by atoms with van der Waals surface area (Å²) in [4.78, 5) is 22.1. The highest BCUT2D eigenvalue weighted by Crippen LogP contribution is 2.23. The van der Waals surface area contributed by atoms with Gasteiger partial charge in [-0.2, -0.15) is 0 Å². The number of esters is 1. The average Bonchev–Trinajstić information content (AvgIpc) is 2.45. The molecular weight excluding hydrogens is 264 g/mol. The molecule has 108 valence electrons. The van der Waals surface area contributed by atoms with Crippen molar-refractivity contribution in [2.45, 2.75) is 37.6 Å². The minimum absolute atomic E-state index is 0.409. The summed E-state index contributed by atoms with van der Waals surface area (Å²) >= 11 is 0. The van der Waals surface area contributed by atoms with Crippen molar-refractivity contribution in [1.29, 1.82) is 0 Å². The van der Waals surface area contributed by atoms with E-state index in [0.717, 1.165) is 12.0 Å². The third kappa shape index (κ3) is 3.15. The number of hydrogen-bond donors (Lipinski definition) is 3. The molecule has 1 aliphatic rings. The average molecular weight is 280 g/mol. The van der Waals surface area contributed by atoms with Crippen LogP contribution in [-0.4, -0.2) is 45.6 Å². The Bertz CT molecular complexity index is 512. The summed E-state index contributed by atoms with van der Waals surface area (Å²) in [5, 5.41) is 27.0. The fraction of sp³-hybridized carbons (Fsp3) is 0.429. The van der Waals surface area contributed by atoms with Crippen LogP contribution in [-0.2, 0) is 27.2 Å². The lowest BCUT2D eigenvalue weighted by atomic mass is 9.90. The number of rotatable bonds is 4. The molecule has 20 heavy (non-hydrogen) atoms. The first-order valence-electron chi connectivity index (χ1n) is 6.35. The quantitative estimate of drug-likeness (QED) is 0.665. The molecule has 0 radical (unpaired) electrons. The Morgan fingerprint density at radius 2 is 1.80 bits per heavy atom. The van der Waals surface area contributed by atoms with E-state index in [9.17, 15) is 14.7 Å². The molecule has 1 aromatic carbocycles. The second-order valence-electron chi connectivity index (χ2n) is 4.80. The summed E-state index contributed by atoms with van der Waals surface area (Å²) in [7, 11) is 0. The standard InChI is InChI=1S/C14H16O6/c15-11(13(17)18)12(16)14(19)20-10-6-5-8-3-1-2-4-9(8)7-10/h1-4,10-12,15-16H,5-7H2,(H,17,18)/t10?,11-,12-/m0/s1. The van der Waals surface area contributed by atoms with E-state index in [1.165, 1.54) is 5.56 Å². The first-order chi connectivity index (χ1) is 9.49. The van der Waals surface area contributed by atoms with Crippen LogP contribution in [0, 0.1) is 0 Å². The van der Waals surface area contributed by atoms with Crippen molar-refractivity contribution >= 4 is 11.9 Å². The number of carboxylic acid groups (broad SMARTS) is 1. The minimum atomic E-state index is -2.17. The highest BCUT2D eigenvalue weighted by molar-refractivity contribution is 5.84. The number of aryl methyl sites for hydroxylation is 1. The van der Waals surface area contributed by atoms with Crippen molar-refractivity contribution < 1.29 is 29.6 Å². The van der Waals surface area contributed by atoms with Crippen molar-refractivity contribution in [3.63, 3.8) is 0 Å². The fourth-order valence-electron chi connectivity index (χ4n) is 2.26. The molecule has 0 heterocycles. The van der Waals surface area contributed by atoms with Gasteiger partial charge in [0.05, 0.1) is 0 Å². The Labute approximate surface area is 115 Å². The van der Waals surface area contributed by atoms with Crippen LogP contribution in [0.5, 0.6) is 0 Å². The lowest BCUT2D eigenvalue weighted by Crippen LogP contribution is -2.42. The molecule has 0 aliphatic heterocycles. The van der Waals surface area contributed by atoms with E-state index in [1.54, 1.807) is 0 Å². The highest BCUT2D eigenvalue weighted by Gasteiger charge is 2.33. The largest absolute Gasteiger partial charge is 0.479 e. The predicted octanol–water partition coefficient (Wildman–Crippen LogP) is -0.107. The van der Waals surface area contributed by atoms with Crippen molar-refractivity contribution in [3.05, 3.63) is 35.4 Å². The molecule has 0 saturated carbocycles. The van der Waals surface area contributed by atoms with Crippen LogP contribution in [0.4, 0.5) is 0 Å². The lowest BCUT2D eigenvalue weighted by molar-refractivity contribution is -0.173. The van der Waals surface area contributed by atoms with Gasteiger partial charge in [-0.15, -0.1) is 0 Å². The molecule has 0 amide bonds. The van der Waals surface area contributed by atoms with E-state index in [4.69, 9.17) is 14.9 Å². The highest BCUT2D eigenvalue weighted by atomic mass is 16.6. The molecule has 6 nitrogen and oxygen atoms in total. The summed E-state index contributed by atoms with van der Waals surface area (Å²) in [6, 6.07) is 7.79. The third-order valence-electron chi connectivity index (χ3n) is 3.38. The number of benzene rings is 1. The maximum Gasteiger partial charge on any atom is 0.338 e. The molecule has 6 heteroatoms. The van der Waals surface area contributed by atoms with Gasteiger partial charge in [0, 0.05) is 6.42 Å². The van der Waals surface area contributed by atoms with E-state index in [-0.39, 0.29) is 0 Å². The maximum atomic E-state index is 11.6. The molecule has 3 N–H and O–H groups in total. The molecule has 0 saturated heterocycles. The van der Waals surface area contributed by atoms with E-state index < -0.39 is 30.3 Å². The molecule has 0 bridgehead atoms. The number of fused-ring (bicyclic) bond motifs is 1. The molecule has 2 rings (SSSR count). The van der Waals surface area contributed by atoms with Gasteiger partial charge in [0.2, 0.25) is 0 Å². The van der Waals surface area contributed by atoms with Crippen LogP contribution in [0.1, 0.15) is 17.5 Å². The van der Waals surface area contributed by atoms with Crippen LogP contribution in [0.2, 0.25) is 0 Å². The van der Waals surface area contributed by atoms with Crippen molar-refractivity contribution in [2.75, 3.05) is 0 Å². The molecule has 0 aromatic heterocycles. The van der Waals surface area contributed by atoms with Gasteiger partial charge in [-0.3, -0.25) is 0 Å². The number of aliphatic carboxylic acids is 1. The first-order valence-corrected chi connectivity index (χ1v) is 6.35. The van der Waals surface area contributed by atoms with Gasteiger partial charge in [0.1, 0.15) is 6.10 Å². The molecule has 1 aliphatic carbocycles. The third-order valence-corrected chi connectivity index (χ3v) is 3.38. The predicted molar refractivity (Wildman–Crippen MR) is 68.0 cm³/mol. The van der Waals surface area contributed by atoms with Gasteiger partial charge >= 0.3 is 11.9 Å². The molecule has 1 unspecified atom stereocenters. The maximum absolute atomic E-state index is 11.6. The summed E-state index contributed by atoms with van der Waals surface area (Å²) in [6.45, 7) is 0. The van der Waals surface area contributed by atoms with Gasteiger partial charge in [-0.25, -0.2) is 9.59 Å². The zero-order valence-corrected chi connectivity index (χ0v) is 10.7. The first kappa shape index (κ1) is 14.5. The Morgan fingerprint density at radius 3 is 2.45 bits per heavy atom. The molecule has 3 atom stereocenters. The Hall–Kier alpha value is -1.92. The number of aliphatic hydroxyl groups excluding tert-OH is 2. The Kier molecular flexibility index (Phi) is 4.36. The number of aliphatic hydroxyl groups is 2. The van der Waals surface area contributed by atoms with Crippen LogP contribution < -0.4 is 0 Å². The molecule has 1 aromatic rings. The summed E-state index contributed by atoms with van der Waals surface area (Å²) < 4.78 is 5.07. The minimum Gasteiger partial charge on any atom is -0.479 e. The van der Waals surface area contributed by atoms with Gasteiger partial charge < -0.3 is 20.1 Å². The summed E-state index contributed by atoms with van der Waals surface area (Å²) in [6.07, 6.45) is -2.75. The zero-order chi connectivity index (χ0) is 14.7. The SMILES string of the molecule is O=C(O)[C@@H](O)[C@H](O)C(=O)OC1CCc2ccccc2C1. The smallest absolute Gasteiger partial charge is 0.338 e. The topological polar surface area (TPSA) is 104 Å². The van der Waals surface area contributed by atoms with Crippen molar-refractivity contribution in [2.24, 2.45) is 0 Å². The normalized spacial score (nSPS) is 20.6. The number of hydrogen-bond acceptors (Lipinski definition) is 5. The fourth-order valence-corrected chi connectivity index (χ4v) is 2.26. The Balaban J connectivity index is 1.95. The monoisotopic (exact) mass is 280 g/mol. The van der Waals surface area contributed by atoms with E-state index in [0.29, 0.717) is 12.8 Å². The van der Waals surface area contributed by atoms with Crippen LogP contribution in [0.3, 0.4) is 0 Å². The van der Waals surface area contributed by atoms with Gasteiger partial charge in [0.25, 0.3) is 0 Å². The molecule has 0 spiro atoms.